The highest BCUT2D eigenvalue weighted by Gasteiger charge is 2.29. The van der Waals surface area contributed by atoms with Crippen molar-refractivity contribution in [3.05, 3.63) is 40.5 Å². The monoisotopic (exact) mass is 392 g/mol. The van der Waals surface area contributed by atoms with Gasteiger partial charge in [-0.3, -0.25) is 4.79 Å². The molecule has 0 atom stereocenters. The van der Waals surface area contributed by atoms with Crippen LogP contribution in [0.4, 0.5) is 0 Å². The number of methoxy groups -OCH3 is 1. The number of aromatic nitrogens is 2. The fourth-order valence-electron chi connectivity index (χ4n) is 3.42. The Bertz CT molecular complexity index is 787. The first-order valence-electron chi connectivity index (χ1n) is 9.10. The smallest absolute Gasteiger partial charge is 0.257 e. The molecule has 0 radical (unpaired) electrons. The number of nitrogens with zero attached hydrogens (tertiary/aromatic N) is 4. The molecule has 1 saturated heterocycles. The average Bonchev–Trinajstić information content (AvgIpc) is 3.08. The summed E-state index contributed by atoms with van der Waals surface area (Å²) in [5.74, 6) is 1.57. The molecule has 2 aromatic rings. The van der Waals surface area contributed by atoms with Gasteiger partial charge in [0, 0.05) is 31.0 Å². The third-order valence-corrected chi connectivity index (χ3v) is 5.16. The van der Waals surface area contributed by atoms with Crippen molar-refractivity contribution in [1.82, 2.24) is 19.9 Å². The number of hydrogen-bond acceptors (Lipinski definition) is 6. The molecule has 27 heavy (non-hydrogen) atoms. The first kappa shape index (κ1) is 19.6. The largest absolute Gasteiger partial charge is 0.496 e. The van der Waals surface area contributed by atoms with Crippen molar-refractivity contribution in [1.29, 1.82) is 0 Å². The van der Waals surface area contributed by atoms with Gasteiger partial charge in [0.1, 0.15) is 5.75 Å². The summed E-state index contributed by atoms with van der Waals surface area (Å²) < 4.78 is 10.4. The van der Waals surface area contributed by atoms with E-state index in [2.05, 4.69) is 22.1 Å². The van der Waals surface area contributed by atoms with Crippen molar-refractivity contribution in [3.8, 4) is 5.75 Å². The highest BCUT2D eigenvalue weighted by atomic mass is 35.5. The Morgan fingerprint density at radius 1 is 1.41 bits per heavy atom. The second kappa shape index (κ2) is 8.71. The van der Waals surface area contributed by atoms with Crippen molar-refractivity contribution in [2.45, 2.75) is 32.2 Å². The van der Waals surface area contributed by atoms with Gasteiger partial charge in [-0.25, -0.2) is 0 Å². The van der Waals surface area contributed by atoms with Crippen LogP contribution in [0.15, 0.2) is 22.7 Å². The quantitative estimate of drug-likeness (QED) is 0.752. The molecule has 0 spiro atoms. The molecule has 0 unspecified atom stereocenters. The molecule has 1 aromatic heterocycles. The Labute approximate surface area is 164 Å². The Hall–Kier alpha value is -2.12. The topological polar surface area (TPSA) is 71.7 Å². The van der Waals surface area contributed by atoms with Crippen LogP contribution in [0.3, 0.4) is 0 Å². The second-order valence-corrected chi connectivity index (χ2v) is 7.29. The van der Waals surface area contributed by atoms with Crippen LogP contribution in [-0.2, 0) is 6.42 Å². The van der Waals surface area contributed by atoms with Crippen LogP contribution in [0.25, 0.3) is 0 Å². The third kappa shape index (κ3) is 4.78. The molecule has 2 heterocycles. The molecule has 0 saturated carbocycles. The lowest BCUT2D eigenvalue weighted by atomic mass is 10.0. The minimum Gasteiger partial charge on any atom is -0.496 e. The third-order valence-electron chi connectivity index (χ3n) is 4.93. The number of piperidine rings is 1. The van der Waals surface area contributed by atoms with Crippen molar-refractivity contribution < 1.29 is 14.1 Å². The van der Waals surface area contributed by atoms with E-state index in [1.807, 2.05) is 4.90 Å². The molecule has 1 aliphatic heterocycles. The first-order chi connectivity index (χ1) is 13.0. The number of benzene rings is 1. The molecule has 0 N–H and O–H groups in total. The number of carbonyl (C=O) groups is 1. The van der Waals surface area contributed by atoms with Crippen LogP contribution in [0.5, 0.6) is 5.75 Å². The van der Waals surface area contributed by atoms with E-state index < -0.39 is 0 Å². The standard InChI is InChI=1S/C19H25ClN4O3/c1-13-21-18(22-27-13)8-11-24(15-6-9-23(2)10-7-15)19(25)16-5-4-14(20)12-17(16)26-3/h4-5,12,15H,6-11H2,1-3H3. The molecular formula is C19H25ClN4O3. The van der Waals surface area contributed by atoms with Crippen LogP contribution >= 0.6 is 11.6 Å². The lowest BCUT2D eigenvalue weighted by Crippen LogP contribution is -2.47. The van der Waals surface area contributed by atoms with E-state index in [9.17, 15) is 4.79 Å². The highest BCUT2D eigenvalue weighted by Crippen LogP contribution is 2.27. The minimum absolute atomic E-state index is 0.0571. The number of halogens is 1. The minimum atomic E-state index is -0.0571. The Morgan fingerprint density at radius 3 is 2.78 bits per heavy atom. The Balaban J connectivity index is 1.82. The first-order valence-corrected chi connectivity index (χ1v) is 9.48. The van der Waals surface area contributed by atoms with Crippen molar-refractivity contribution in [3.63, 3.8) is 0 Å². The fourth-order valence-corrected chi connectivity index (χ4v) is 3.58. The summed E-state index contributed by atoms with van der Waals surface area (Å²) in [6.45, 7) is 4.22. The summed E-state index contributed by atoms with van der Waals surface area (Å²) in [5, 5.41) is 4.49. The SMILES string of the molecule is COc1cc(Cl)ccc1C(=O)N(CCc1noc(C)n1)C1CCN(C)CC1. The normalized spacial score (nSPS) is 15.7. The molecule has 146 valence electrons. The molecule has 1 aliphatic rings. The molecule has 1 amide bonds. The van der Waals surface area contributed by atoms with Gasteiger partial charge in [0.2, 0.25) is 5.89 Å². The van der Waals surface area contributed by atoms with Crippen molar-refractivity contribution in [2.75, 3.05) is 33.8 Å². The number of hydrogen-bond donors (Lipinski definition) is 0. The summed E-state index contributed by atoms with van der Waals surface area (Å²) >= 11 is 6.05. The summed E-state index contributed by atoms with van der Waals surface area (Å²) in [7, 11) is 3.65. The number of rotatable bonds is 6. The van der Waals surface area contributed by atoms with E-state index in [0.29, 0.717) is 41.0 Å². The average molecular weight is 393 g/mol. The molecule has 0 bridgehead atoms. The zero-order valence-corrected chi connectivity index (χ0v) is 16.7. The van der Waals surface area contributed by atoms with Gasteiger partial charge >= 0.3 is 0 Å². The number of carbonyl (C=O) groups excluding carboxylic acids is 1. The summed E-state index contributed by atoms with van der Waals surface area (Å²) in [6.07, 6.45) is 2.41. The molecule has 7 nitrogen and oxygen atoms in total. The van der Waals surface area contributed by atoms with E-state index in [4.69, 9.17) is 20.9 Å². The number of amides is 1. The van der Waals surface area contributed by atoms with Crippen molar-refractivity contribution >= 4 is 17.5 Å². The molecule has 1 fully saturated rings. The van der Waals surface area contributed by atoms with Gasteiger partial charge in [0.15, 0.2) is 5.82 Å². The van der Waals surface area contributed by atoms with Gasteiger partial charge in [0.05, 0.1) is 12.7 Å². The molecule has 3 rings (SSSR count). The van der Waals surface area contributed by atoms with E-state index in [1.54, 1.807) is 32.2 Å². The van der Waals surface area contributed by atoms with E-state index >= 15 is 0 Å². The Kier molecular flexibility index (Phi) is 6.34. The predicted molar refractivity (Wildman–Crippen MR) is 102 cm³/mol. The zero-order chi connectivity index (χ0) is 19.4. The summed E-state index contributed by atoms with van der Waals surface area (Å²) in [5.41, 5.74) is 0.519. The molecule has 0 aliphatic carbocycles. The predicted octanol–water partition coefficient (Wildman–Crippen LogP) is 2.82. The molecule has 1 aromatic carbocycles. The van der Waals surface area contributed by atoms with E-state index in [0.717, 1.165) is 25.9 Å². The molecular weight excluding hydrogens is 368 g/mol. The van der Waals surface area contributed by atoms with Crippen LogP contribution in [0, 0.1) is 6.92 Å². The van der Waals surface area contributed by atoms with Crippen molar-refractivity contribution in [2.24, 2.45) is 0 Å². The maximum absolute atomic E-state index is 13.4. The van der Waals surface area contributed by atoms with E-state index in [-0.39, 0.29) is 11.9 Å². The summed E-state index contributed by atoms with van der Waals surface area (Å²) in [4.78, 5) is 21.8. The zero-order valence-electron chi connectivity index (χ0n) is 15.9. The van der Waals surface area contributed by atoms with E-state index in [1.165, 1.54) is 0 Å². The summed E-state index contributed by atoms with van der Waals surface area (Å²) in [6, 6.07) is 5.28. The number of aryl methyl sites for hydroxylation is 1. The number of ether oxygens (including phenoxy) is 1. The molecule has 8 heteroatoms. The maximum atomic E-state index is 13.4. The fraction of sp³-hybridized carbons (Fsp3) is 0.526. The lowest BCUT2D eigenvalue weighted by molar-refractivity contribution is 0.0589. The maximum Gasteiger partial charge on any atom is 0.257 e. The lowest BCUT2D eigenvalue weighted by Gasteiger charge is -2.37. The van der Waals surface area contributed by atoms with Gasteiger partial charge in [0.25, 0.3) is 5.91 Å². The van der Waals surface area contributed by atoms with Gasteiger partial charge in [-0.2, -0.15) is 4.98 Å². The highest BCUT2D eigenvalue weighted by molar-refractivity contribution is 6.30. The Morgan fingerprint density at radius 2 is 2.15 bits per heavy atom. The van der Waals surface area contributed by atoms with Gasteiger partial charge in [-0.05, 0) is 51.2 Å². The van der Waals surface area contributed by atoms with Crippen LogP contribution in [0.2, 0.25) is 5.02 Å². The van der Waals surface area contributed by atoms with Crippen LogP contribution in [0.1, 0.15) is 34.9 Å². The number of likely N-dealkylation sites (tertiary alicyclic amines) is 1. The van der Waals surface area contributed by atoms with Crippen LogP contribution in [-0.4, -0.2) is 65.7 Å². The van der Waals surface area contributed by atoms with Crippen LogP contribution < -0.4 is 4.74 Å². The van der Waals surface area contributed by atoms with Gasteiger partial charge in [-0.1, -0.05) is 16.8 Å². The van der Waals surface area contributed by atoms with Gasteiger partial charge in [-0.15, -0.1) is 0 Å². The second-order valence-electron chi connectivity index (χ2n) is 6.86. The van der Waals surface area contributed by atoms with Gasteiger partial charge < -0.3 is 19.1 Å².